The highest BCUT2D eigenvalue weighted by Gasteiger charge is 1.94. The minimum Gasteiger partial charge on any atom is -0.317 e. The first-order valence-corrected chi connectivity index (χ1v) is 13.0. The SMILES string of the molecule is CCCCCCCCCCNCCCNCCNCCCCCCCCCC. The fourth-order valence-corrected chi connectivity index (χ4v) is 3.66. The molecular formula is C25H55N3. The van der Waals surface area contributed by atoms with Crippen LogP contribution in [0, 0.1) is 0 Å². The van der Waals surface area contributed by atoms with Gasteiger partial charge in [-0.25, -0.2) is 0 Å². The average Bonchev–Trinajstić information content (AvgIpc) is 2.71. The summed E-state index contributed by atoms with van der Waals surface area (Å²) in [4.78, 5) is 0. The van der Waals surface area contributed by atoms with Gasteiger partial charge in [0.15, 0.2) is 0 Å². The van der Waals surface area contributed by atoms with Gasteiger partial charge in [0.05, 0.1) is 0 Å². The van der Waals surface area contributed by atoms with Gasteiger partial charge in [-0.05, 0) is 45.4 Å². The summed E-state index contributed by atoms with van der Waals surface area (Å²) in [5.41, 5.74) is 0. The van der Waals surface area contributed by atoms with Gasteiger partial charge < -0.3 is 16.0 Å². The van der Waals surface area contributed by atoms with Gasteiger partial charge in [0.25, 0.3) is 0 Å². The maximum Gasteiger partial charge on any atom is 0.00767 e. The summed E-state index contributed by atoms with van der Waals surface area (Å²) in [6.45, 7) is 11.5. The van der Waals surface area contributed by atoms with E-state index in [0.717, 1.165) is 26.2 Å². The lowest BCUT2D eigenvalue weighted by molar-refractivity contribution is 0.531. The summed E-state index contributed by atoms with van der Waals surface area (Å²) in [6.07, 6.45) is 23.8. The molecule has 0 amide bonds. The van der Waals surface area contributed by atoms with Gasteiger partial charge in [-0.15, -0.1) is 0 Å². The molecule has 0 spiro atoms. The van der Waals surface area contributed by atoms with Crippen LogP contribution in [-0.4, -0.2) is 39.3 Å². The topological polar surface area (TPSA) is 36.1 Å². The third-order valence-corrected chi connectivity index (χ3v) is 5.60. The van der Waals surface area contributed by atoms with Gasteiger partial charge >= 0.3 is 0 Å². The van der Waals surface area contributed by atoms with E-state index < -0.39 is 0 Å². The zero-order valence-electron chi connectivity index (χ0n) is 19.8. The monoisotopic (exact) mass is 397 g/mol. The Morgan fingerprint density at radius 2 is 0.571 bits per heavy atom. The third-order valence-electron chi connectivity index (χ3n) is 5.60. The lowest BCUT2D eigenvalue weighted by atomic mass is 10.1. The van der Waals surface area contributed by atoms with Crippen molar-refractivity contribution in [2.75, 3.05) is 39.3 Å². The van der Waals surface area contributed by atoms with Crippen molar-refractivity contribution in [3.63, 3.8) is 0 Å². The van der Waals surface area contributed by atoms with Crippen LogP contribution >= 0.6 is 0 Å². The number of hydrogen-bond acceptors (Lipinski definition) is 3. The minimum absolute atomic E-state index is 1.11. The Balaban J connectivity index is 2.96. The molecule has 3 nitrogen and oxygen atoms in total. The molecule has 0 aliphatic heterocycles. The van der Waals surface area contributed by atoms with Gasteiger partial charge in [0.2, 0.25) is 0 Å². The largest absolute Gasteiger partial charge is 0.317 e. The maximum atomic E-state index is 3.59. The van der Waals surface area contributed by atoms with Crippen LogP contribution < -0.4 is 16.0 Å². The summed E-state index contributed by atoms with van der Waals surface area (Å²) in [5.74, 6) is 0. The number of nitrogens with one attached hydrogen (secondary N) is 3. The molecule has 0 saturated heterocycles. The molecule has 0 aromatic heterocycles. The molecule has 0 aliphatic rings. The lowest BCUT2D eigenvalue weighted by Gasteiger charge is -2.08. The Labute approximate surface area is 178 Å². The molecule has 3 heteroatoms. The Hall–Kier alpha value is -0.120. The molecule has 0 radical (unpaired) electrons. The van der Waals surface area contributed by atoms with E-state index in [-0.39, 0.29) is 0 Å². The Kier molecular flexibility index (Phi) is 26.8. The average molecular weight is 398 g/mol. The summed E-state index contributed by atoms with van der Waals surface area (Å²) in [7, 11) is 0. The molecule has 0 aliphatic carbocycles. The molecule has 170 valence electrons. The van der Waals surface area contributed by atoms with E-state index in [0.29, 0.717) is 0 Å². The van der Waals surface area contributed by atoms with E-state index in [2.05, 4.69) is 29.8 Å². The van der Waals surface area contributed by atoms with Crippen molar-refractivity contribution < 1.29 is 0 Å². The fraction of sp³-hybridized carbons (Fsp3) is 1.00. The molecule has 0 heterocycles. The molecule has 0 fully saturated rings. The normalized spacial score (nSPS) is 11.4. The Morgan fingerprint density at radius 1 is 0.286 bits per heavy atom. The molecule has 3 N–H and O–H groups in total. The van der Waals surface area contributed by atoms with Gasteiger partial charge in [0.1, 0.15) is 0 Å². The van der Waals surface area contributed by atoms with Crippen molar-refractivity contribution in [3.8, 4) is 0 Å². The summed E-state index contributed by atoms with van der Waals surface area (Å²) < 4.78 is 0. The first kappa shape index (κ1) is 27.9. The van der Waals surface area contributed by atoms with Crippen LogP contribution in [0.3, 0.4) is 0 Å². The second-order valence-electron chi connectivity index (χ2n) is 8.55. The van der Waals surface area contributed by atoms with Crippen LogP contribution in [0.25, 0.3) is 0 Å². The summed E-state index contributed by atoms with van der Waals surface area (Å²) in [6, 6.07) is 0. The zero-order valence-corrected chi connectivity index (χ0v) is 19.8. The molecule has 0 saturated carbocycles. The van der Waals surface area contributed by atoms with Crippen LogP contribution in [0.2, 0.25) is 0 Å². The van der Waals surface area contributed by atoms with Crippen LogP contribution in [0.5, 0.6) is 0 Å². The Bertz CT molecular complexity index is 232. The highest BCUT2D eigenvalue weighted by molar-refractivity contribution is 4.56. The van der Waals surface area contributed by atoms with Gasteiger partial charge in [-0.2, -0.15) is 0 Å². The van der Waals surface area contributed by atoms with Crippen molar-refractivity contribution in [2.45, 2.75) is 123 Å². The van der Waals surface area contributed by atoms with Crippen molar-refractivity contribution in [1.82, 2.24) is 16.0 Å². The molecule has 0 bridgehead atoms. The second-order valence-corrected chi connectivity index (χ2v) is 8.55. The van der Waals surface area contributed by atoms with Crippen LogP contribution in [0.15, 0.2) is 0 Å². The van der Waals surface area contributed by atoms with Crippen molar-refractivity contribution in [1.29, 1.82) is 0 Å². The van der Waals surface area contributed by atoms with E-state index in [1.165, 1.54) is 122 Å². The number of unbranched alkanes of at least 4 members (excludes halogenated alkanes) is 14. The lowest BCUT2D eigenvalue weighted by Crippen LogP contribution is -2.30. The third kappa shape index (κ3) is 25.9. The molecular weight excluding hydrogens is 342 g/mol. The van der Waals surface area contributed by atoms with Crippen LogP contribution in [0.1, 0.15) is 123 Å². The van der Waals surface area contributed by atoms with Gasteiger partial charge in [-0.3, -0.25) is 0 Å². The first-order chi connectivity index (χ1) is 13.9. The molecule has 0 aromatic rings. The highest BCUT2D eigenvalue weighted by Crippen LogP contribution is 2.08. The van der Waals surface area contributed by atoms with Crippen molar-refractivity contribution in [2.24, 2.45) is 0 Å². The second kappa shape index (κ2) is 26.9. The van der Waals surface area contributed by atoms with Crippen LogP contribution in [0.4, 0.5) is 0 Å². The molecule has 0 aromatic carbocycles. The zero-order chi connectivity index (χ0) is 20.4. The first-order valence-electron chi connectivity index (χ1n) is 13.0. The quantitative estimate of drug-likeness (QED) is 0.155. The molecule has 0 rings (SSSR count). The van der Waals surface area contributed by atoms with E-state index in [1.54, 1.807) is 0 Å². The Morgan fingerprint density at radius 3 is 0.964 bits per heavy atom. The van der Waals surface area contributed by atoms with Gasteiger partial charge in [-0.1, -0.05) is 104 Å². The van der Waals surface area contributed by atoms with Crippen LogP contribution in [-0.2, 0) is 0 Å². The fourth-order valence-electron chi connectivity index (χ4n) is 3.66. The molecule has 0 atom stereocenters. The predicted molar refractivity (Wildman–Crippen MR) is 128 cm³/mol. The maximum absolute atomic E-state index is 3.59. The van der Waals surface area contributed by atoms with Crippen molar-refractivity contribution >= 4 is 0 Å². The summed E-state index contributed by atoms with van der Waals surface area (Å²) in [5, 5.41) is 10.7. The number of rotatable bonds is 25. The van der Waals surface area contributed by atoms with Gasteiger partial charge in [0, 0.05) is 13.1 Å². The smallest absolute Gasteiger partial charge is 0.00767 e. The predicted octanol–water partition coefficient (Wildman–Crippen LogP) is 6.43. The standard InChI is InChI=1S/C25H55N3/c1-3-5-7-9-11-13-15-17-20-26-22-19-23-28-25-24-27-21-18-16-14-12-10-8-6-4-2/h26-28H,3-25H2,1-2H3. The summed E-state index contributed by atoms with van der Waals surface area (Å²) >= 11 is 0. The van der Waals surface area contributed by atoms with E-state index in [1.807, 2.05) is 0 Å². The van der Waals surface area contributed by atoms with E-state index in [4.69, 9.17) is 0 Å². The van der Waals surface area contributed by atoms with Crippen molar-refractivity contribution in [3.05, 3.63) is 0 Å². The highest BCUT2D eigenvalue weighted by atomic mass is 14.9. The molecule has 0 unspecified atom stereocenters. The van der Waals surface area contributed by atoms with E-state index >= 15 is 0 Å². The number of hydrogen-bond donors (Lipinski definition) is 3. The van der Waals surface area contributed by atoms with E-state index in [9.17, 15) is 0 Å². The molecule has 28 heavy (non-hydrogen) atoms. The minimum atomic E-state index is 1.11.